The van der Waals surface area contributed by atoms with Gasteiger partial charge in [0, 0.05) is 22.4 Å². The molecule has 4 heteroatoms. The van der Waals surface area contributed by atoms with Crippen molar-refractivity contribution in [3.05, 3.63) is 65.3 Å². The Morgan fingerprint density at radius 1 is 1.22 bits per heavy atom. The second-order valence-electron chi connectivity index (χ2n) is 7.67. The quantitative estimate of drug-likeness (QED) is 0.677. The minimum Gasteiger partial charge on any atom is -0.481 e. The van der Waals surface area contributed by atoms with E-state index in [9.17, 15) is 9.90 Å². The number of fused-ring (bicyclic) bond motifs is 5. The molecule has 27 heavy (non-hydrogen) atoms. The van der Waals surface area contributed by atoms with Crippen LogP contribution in [0.25, 0.3) is 16.7 Å². The van der Waals surface area contributed by atoms with E-state index in [4.69, 9.17) is 4.74 Å². The van der Waals surface area contributed by atoms with Gasteiger partial charge >= 0.3 is 5.97 Å². The third-order valence-corrected chi connectivity index (χ3v) is 5.11. The molecule has 4 rings (SSSR count). The molecule has 1 unspecified atom stereocenters. The van der Waals surface area contributed by atoms with Crippen molar-refractivity contribution in [1.29, 1.82) is 0 Å². The van der Waals surface area contributed by atoms with E-state index in [0.29, 0.717) is 11.3 Å². The first kappa shape index (κ1) is 17.4. The fourth-order valence-corrected chi connectivity index (χ4v) is 4.25. The number of carboxylic acids is 1. The minimum atomic E-state index is -0.949. The molecule has 2 aromatic carbocycles. The predicted octanol–water partition coefficient (Wildman–Crippen LogP) is 5.67. The van der Waals surface area contributed by atoms with Crippen molar-refractivity contribution in [2.75, 3.05) is 5.32 Å². The summed E-state index contributed by atoms with van der Waals surface area (Å²) in [6, 6.07) is 9.26. The number of benzene rings is 2. The third-order valence-electron chi connectivity index (χ3n) is 5.11. The van der Waals surface area contributed by atoms with Crippen molar-refractivity contribution in [2.45, 2.75) is 39.3 Å². The van der Waals surface area contributed by atoms with Crippen LogP contribution in [0.3, 0.4) is 0 Å². The smallest absolute Gasteiger partial charge is 0.336 e. The summed E-state index contributed by atoms with van der Waals surface area (Å²) in [5.41, 5.74) is 6.03. The summed E-state index contributed by atoms with van der Waals surface area (Å²) in [7, 11) is 0. The minimum absolute atomic E-state index is 0.138. The summed E-state index contributed by atoms with van der Waals surface area (Å²) < 4.78 is 6.25. The topological polar surface area (TPSA) is 58.6 Å². The van der Waals surface area contributed by atoms with Crippen molar-refractivity contribution >= 4 is 17.2 Å². The van der Waals surface area contributed by atoms with Gasteiger partial charge < -0.3 is 15.2 Å². The molecule has 138 valence electrons. The molecule has 0 saturated heterocycles. The second-order valence-corrected chi connectivity index (χ2v) is 7.67. The molecule has 0 aliphatic carbocycles. The van der Waals surface area contributed by atoms with Crippen LogP contribution >= 0.6 is 0 Å². The summed E-state index contributed by atoms with van der Waals surface area (Å²) in [4.78, 5) is 11.8. The lowest BCUT2D eigenvalue weighted by molar-refractivity contribution is 0.0697. The number of rotatable bonds is 2. The number of ether oxygens (including phenoxy) is 1. The zero-order valence-electron chi connectivity index (χ0n) is 16.0. The van der Waals surface area contributed by atoms with E-state index in [2.05, 4.69) is 32.2 Å². The first-order valence-corrected chi connectivity index (χ1v) is 9.13. The number of carboxylic acid groups (broad SMARTS) is 1. The van der Waals surface area contributed by atoms with Crippen LogP contribution in [0.4, 0.5) is 5.69 Å². The highest BCUT2D eigenvalue weighted by Crippen LogP contribution is 2.50. The molecular formula is C23H23NO3. The first-order chi connectivity index (χ1) is 12.8. The average molecular weight is 361 g/mol. The van der Waals surface area contributed by atoms with Gasteiger partial charge in [0.15, 0.2) is 0 Å². The summed E-state index contributed by atoms with van der Waals surface area (Å²) in [6.45, 7) is 8.34. The van der Waals surface area contributed by atoms with Gasteiger partial charge in [0.1, 0.15) is 11.9 Å². The maximum Gasteiger partial charge on any atom is 0.336 e. The number of aromatic carboxylic acids is 1. The standard InChI is InChI=1S/C23H23NO3/c1-5-7-17-21-14(20-15(22(25)26)8-6-9-18(20)27-17)10-11-16-19(21)13(2)12-23(3,4)24-16/h5-12,17,24H,1-4H3,(H,25,26). The molecule has 2 heterocycles. The van der Waals surface area contributed by atoms with Gasteiger partial charge in [-0.3, -0.25) is 0 Å². The summed E-state index contributed by atoms with van der Waals surface area (Å²) in [5, 5.41) is 13.3. The Morgan fingerprint density at radius 3 is 2.70 bits per heavy atom. The average Bonchev–Trinajstić information content (AvgIpc) is 2.59. The Balaban J connectivity index is 2.06. The van der Waals surface area contributed by atoms with Crippen LogP contribution < -0.4 is 10.1 Å². The highest BCUT2D eigenvalue weighted by Gasteiger charge is 2.34. The Bertz CT molecular complexity index is 1010. The van der Waals surface area contributed by atoms with E-state index in [1.54, 1.807) is 12.1 Å². The molecule has 0 aromatic heterocycles. The van der Waals surface area contributed by atoms with Crippen molar-refractivity contribution < 1.29 is 14.6 Å². The third kappa shape index (κ3) is 2.72. The van der Waals surface area contributed by atoms with E-state index in [0.717, 1.165) is 22.4 Å². The van der Waals surface area contributed by atoms with Crippen molar-refractivity contribution in [3.8, 4) is 16.9 Å². The summed E-state index contributed by atoms with van der Waals surface area (Å²) >= 11 is 0. The molecule has 0 bridgehead atoms. The highest BCUT2D eigenvalue weighted by molar-refractivity contribution is 6.00. The normalized spacial score (nSPS) is 19.3. The van der Waals surface area contributed by atoms with Gasteiger partial charge in [-0.25, -0.2) is 4.79 Å². The zero-order valence-corrected chi connectivity index (χ0v) is 16.0. The molecule has 2 aliphatic heterocycles. The summed E-state index contributed by atoms with van der Waals surface area (Å²) in [5.74, 6) is -0.341. The van der Waals surface area contributed by atoms with Crippen molar-refractivity contribution in [3.63, 3.8) is 0 Å². The van der Waals surface area contributed by atoms with Gasteiger partial charge in [0.05, 0.1) is 11.1 Å². The van der Waals surface area contributed by atoms with Crippen LogP contribution in [0.5, 0.6) is 5.75 Å². The molecule has 0 spiro atoms. The Kier molecular flexibility index (Phi) is 3.88. The Morgan fingerprint density at radius 2 is 2.00 bits per heavy atom. The zero-order chi connectivity index (χ0) is 19.3. The first-order valence-electron chi connectivity index (χ1n) is 9.13. The lowest BCUT2D eigenvalue weighted by atomic mass is 9.81. The van der Waals surface area contributed by atoms with Crippen LogP contribution in [0.1, 0.15) is 55.3 Å². The van der Waals surface area contributed by atoms with E-state index >= 15 is 0 Å². The van der Waals surface area contributed by atoms with Crippen LogP contribution in [-0.4, -0.2) is 16.6 Å². The fraction of sp³-hybridized carbons (Fsp3) is 0.261. The van der Waals surface area contributed by atoms with Gasteiger partial charge in [0.25, 0.3) is 0 Å². The molecule has 1 atom stereocenters. The molecule has 2 aliphatic rings. The lowest BCUT2D eigenvalue weighted by Crippen LogP contribution is -2.32. The molecule has 2 aromatic rings. The molecule has 2 N–H and O–H groups in total. The van der Waals surface area contributed by atoms with Gasteiger partial charge in [0.2, 0.25) is 0 Å². The maximum absolute atomic E-state index is 11.8. The largest absolute Gasteiger partial charge is 0.481 e. The molecule has 0 saturated carbocycles. The monoisotopic (exact) mass is 361 g/mol. The number of anilines is 1. The van der Waals surface area contributed by atoms with Crippen molar-refractivity contribution in [2.24, 2.45) is 0 Å². The number of carbonyl (C=O) groups is 1. The van der Waals surface area contributed by atoms with Crippen LogP contribution in [-0.2, 0) is 0 Å². The lowest BCUT2D eigenvalue weighted by Gasteiger charge is -2.36. The molecule has 0 amide bonds. The molecule has 4 nitrogen and oxygen atoms in total. The van der Waals surface area contributed by atoms with Crippen LogP contribution in [0.2, 0.25) is 0 Å². The van der Waals surface area contributed by atoms with E-state index in [-0.39, 0.29) is 17.2 Å². The van der Waals surface area contributed by atoms with Gasteiger partial charge in [-0.15, -0.1) is 0 Å². The SMILES string of the molecule is CC=CC1Oc2cccc(C(=O)O)c2-c2ccc3c(c21)C(C)=CC(C)(C)N3. The Hall–Kier alpha value is -3.01. The van der Waals surface area contributed by atoms with Gasteiger partial charge in [-0.2, -0.15) is 0 Å². The predicted molar refractivity (Wildman–Crippen MR) is 108 cm³/mol. The van der Waals surface area contributed by atoms with Crippen molar-refractivity contribution in [1.82, 2.24) is 0 Å². The van der Waals surface area contributed by atoms with Gasteiger partial charge in [-0.1, -0.05) is 24.3 Å². The number of hydrogen-bond acceptors (Lipinski definition) is 3. The number of allylic oxidation sites excluding steroid dienone is 2. The number of nitrogens with one attached hydrogen (secondary N) is 1. The van der Waals surface area contributed by atoms with E-state index in [1.807, 2.05) is 37.3 Å². The number of hydrogen-bond donors (Lipinski definition) is 2. The van der Waals surface area contributed by atoms with E-state index < -0.39 is 5.97 Å². The molecule has 0 radical (unpaired) electrons. The fourth-order valence-electron chi connectivity index (χ4n) is 4.25. The molecule has 0 fully saturated rings. The Labute approximate surface area is 159 Å². The second kappa shape index (κ2) is 6.02. The summed E-state index contributed by atoms with van der Waals surface area (Å²) in [6.07, 6.45) is 5.94. The van der Waals surface area contributed by atoms with Crippen LogP contribution in [0.15, 0.2) is 48.6 Å². The van der Waals surface area contributed by atoms with Gasteiger partial charge in [-0.05, 0) is 63.1 Å². The highest BCUT2D eigenvalue weighted by atomic mass is 16.5. The van der Waals surface area contributed by atoms with E-state index in [1.165, 1.54) is 5.57 Å². The van der Waals surface area contributed by atoms with Crippen LogP contribution in [0, 0.1) is 0 Å². The molecular weight excluding hydrogens is 338 g/mol. The maximum atomic E-state index is 11.8.